The Morgan fingerprint density at radius 2 is 1.61 bits per heavy atom. The van der Waals surface area contributed by atoms with E-state index < -0.39 is 0 Å². The second kappa shape index (κ2) is 7.39. The second-order valence-electron chi connectivity index (χ2n) is 4.67. The maximum Gasteiger partial charge on any atom is 0.161 e. The van der Waals surface area contributed by atoms with Gasteiger partial charge in [0, 0.05) is 9.30 Å². The van der Waals surface area contributed by atoms with Crippen molar-refractivity contribution in [1.29, 1.82) is 0 Å². The maximum atomic E-state index is 5.34. The summed E-state index contributed by atoms with van der Waals surface area (Å²) in [5.74, 6) is 2.23. The maximum absolute atomic E-state index is 5.34. The van der Waals surface area contributed by atoms with Gasteiger partial charge in [-0.25, -0.2) is 0 Å². The van der Waals surface area contributed by atoms with Gasteiger partial charge in [-0.3, -0.25) is 0 Å². The first kappa shape index (κ1) is 15.8. The summed E-state index contributed by atoms with van der Waals surface area (Å²) in [7, 11) is 3.31. The van der Waals surface area contributed by atoms with Gasteiger partial charge in [0.1, 0.15) is 0 Å². The number of alkyl halides is 1. The van der Waals surface area contributed by atoms with Crippen molar-refractivity contribution in [2.75, 3.05) is 14.2 Å². The second-order valence-corrected chi connectivity index (χ2v) is 6.63. The van der Waals surface area contributed by atoms with E-state index in [0.717, 1.165) is 22.4 Å². The molecule has 1 unspecified atom stereocenters. The summed E-state index contributed by atoms with van der Waals surface area (Å²) in [6, 6.07) is 3.99. The third-order valence-electron chi connectivity index (χ3n) is 2.84. The number of rotatable bonds is 6. The summed E-state index contributed by atoms with van der Waals surface area (Å²) in [4.78, 5) is 0.328. The molecule has 0 bridgehead atoms. The molecule has 0 heterocycles. The molecule has 0 fully saturated rings. The fourth-order valence-corrected chi connectivity index (χ4v) is 3.29. The molecule has 0 aliphatic carbocycles. The van der Waals surface area contributed by atoms with E-state index in [9.17, 15) is 0 Å². The van der Waals surface area contributed by atoms with Gasteiger partial charge < -0.3 is 9.47 Å². The summed E-state index contributed by atoms with van der Waals surface area (Å²) >= 11 is 7.34. The largest absolute Gasteiger partial charge is 0.493 e. The number of hydrogen-bond donors (Lipinski definition) is 0. The molecule has 0 radical (unpaired) electrons. The highest BCUT2D eigenvalue weighted by Crippen LogP contribution is 2.40. The molecule has 0 amide bonds. The molecule has 0 saturated carbocycles. The van der Waals surface area contributed by atoms with Gasteiger partial charge in [0.2, 0.25) is 0 Å². The molecule has 0 saturated heterocycles. The molecule has 102 valence electrons. The Morgan fingerprint density at radius 3 is 2.11 bits per heavy atom. The van der Waals surface area contributed by atoms with Crippen molar-refractivity contribution in [3.8, 4) is 11.5 Å². The minimum atomic E-state index is 0.328. The molecular formula is C14H20Br2O2. The van der Waals surface area contributed by atoms with E-state index in [4.69, 9.17) is 9.47 Å². The number of benzene rings is 1. The van der Waals surface area contributed by atoms with Gasteiger partial charge in [-0.15, -0.1) is 0 Å². The number of methoxy groups -OCH3 is 2. The highest BCUT2D eigenvalue weighted by Gasteiger charge is 2.16. The highest BCUT2D eigenvalue weighted by molar-refractivity contribution is 9.11. The van der Waals surface area contributed by atoms with Gasteiger partial charge in [0.25, 0.3) is 0 Å². The SMILES string of the molecule is COc1cc(Br)c(C(Br)CCC(C)C)cc1OC. The zero-order valence-corrected chi connectivity index (χ0v) is 14.5. The smallest absolute Gasteiger partial charge is 0.161 e. The molecule has 1 aromatic rings. The van der Waals surface area contributed by atoms with Crippen LogP contribution in [0.3, 0.4) is 0 Å². The summed E-state index contributed by atoms with van der Waals surface area (Å²) in [6.45, 7) is 4.48. The zero-order chi connectivity index (χ0) is 13.7. The molecule has 4 heteroatoms. The topological polar surface area (TPSA) is 18.5 Å². The van der Waals surface area contributed by atoms with Gasteiger partial charge >= 0.3 is 0 Å². The molecule has 1 atom stereocenters. The van der Waals surface area contributed by atoms with E-state index in [1.54, 1.807) is 14.2 Å². The van der Waals surface area contributed by atoms with Gasteiger partial charge in [-0.05, 0) is 36.5 Å². The van der Waals surface area contributed by atoms with Crippen molar-refractivity contribution in [2.24, 2.45) is 5.92 Å². The Bertz CT molecular complexity index is 392. The fourth-order valence-electron chi connectivity index (χ4n) is 1.75. The zero-order valence-electron chi connectivity index (χ0n) is 11.3. The summed E-state index contributed by atoms with van der Waals surface area (Å²) in [6.07, 6.45) is 2.29. The number of halogens is 2. The van der Waals surface area contributed by atoms with Gasteiger partial charge in [0.05, 0.1) is 14.2 Å². The molecule has 0 N–H and O–H groups in total. The van der Waals surface area contributed by atoms with Crippen LogP contribution in [0.4, 0.5) is 0 Å². The average molecular weight is 380 g/mol. The van der Waals surface area contributed by atoms with Crippen molar-refractivity contribution >= 4 is 31.9 Å². The highest BCUT2D eigenvalue weighted by atomic mass is 79.9. The first-order valence-corrected chi connectivity index (χ1v) is 7.76. The molecule has 0 aromatic heterocycles. The van der Waals surface area contributed by atoms with Crippen LogP contribution >= 0.6 is 31.9 Å². The van der Waals surface area contributed by atoms with E-state index in [1.807, 2.05) is 12.1 Å². The van der Waals surface area contributed by atoms with Crippen LogP contribution in [-0.4, -0.2) is 14.2 Å². The Balaban J connectivity index is 2.94. The van der Waals surface area contributed by atoms with Crippen LogP contribution in [-0.2, 0) is 0 Å². The normalized spacial score (nSPS) is 12.6. The van der Waals surface area contributed by atoms with Gasteiger partial charge in [-0.1, -0.05) is 45.7 Å². The Morgan fingerprint density at radius 1 is 1.06 bits per heavy atom. The van der Waals surface area contributed by atoms with Crippen LogP contribution in [0.5, 0.6) is 11.5 Å². The Hall–Kier alpha value is -0.220. The van der Waals surface area contributed by atoms with Crippen LogP contribution in [0, 0.1) is 5.92 Å². The van der Waals surface area contributed by atoms with Crippen molar-refractivity contribution < 1.29 is 9.47 Å². The van der Waals surface area contributed by atoms with Crippen molar-refractivity contribution in [2.45, 2.75) is 31.5 Å². The first-order valence-electron chi connectivity index (χ1n) is 6.05. The first-order chi connectivity index (χ1) is 8.49. The summed E-state index contributed by atoms with van der Waals surface area (Å²) in [5, 5.41) is 0. The summed E-state index contributed by atoms with van der Waals surface area (Å²) in [5.41, 5.74) is 1.20. The predicted molar refractivity (Wildman–Crippen MR) is 83.0 cm³/mol. The quantitative estimate of drug-likeness (QED) is 0.621. The molecule has 0 aliphatic heterocycles. The molecule has 0 aliphatic rings. The van der Waals surface area contributed by atoms with Gasteiger partial charge in [-0.2, -0.15) is 0 Å². The lowest BCUT2D eigenvalue weighted by atomic mass is 10.0. The van der Waals surface area contributed by atoms with Crippen LogP contribution in [0.2, 0.25) is 0 Å². The molecule has 18 heavy (non-hydrogen) atoms. The lowest BCUT2D eigenvalue weighted by Gasteiger charge is -2.16. The number of hydrogen-bond acceptors (Lipinski definition) is 2. The third kappa shape index (κ3) is 4.16. The molecule has 1 aromatic carbocycles. The van der Waals surface area contributed by atoms with E-state index in [0.29, 0.717) is 10.7 Å². The minimum Gasteiger partial charge on any atom is -0.493 e. The third-order valence-corrected chi connectivity index (χ3v) is 4.48. The lowest BCUT2D eigenvalue weighted by Crippen LogP contribution is -1.98. The standard InChI is InChI=1S/C14H20Br2O2/c1-9(2)5-6-11(15)10-7-13(17-3)14(18-4)8-12(10)16/h7-9,11H,5-6H2,1-4H3. The van der Waals surface area contributed by atoms with E-state index >= 15 is 0 Å². The molecule has 0 spiro atoms. The molecule has 1 rings (SSSR count). The van der Waals surface area contributed by atoms with Gasteiger partial charge in [0.15, 0.2) is 11.5 Å². The van der Waals surface area contributed by atoms with Crippen molar-refractivity contribution in [3.05, 3.63) is 22.2 Å². The fraction of sp³-hybridized carbons (Fsp3) is 0.571. The van der Waals surface area contributed by atoms with Crippen LogP contribution in [0.15, 0.2) is 16.6 Å². The van der Waals surface area contributed by atoms with Crippen LogP contribution in [0.1, 0.15) is 37.1 Å². The minimum absolute atomic E-state index is 0.328. The predicted octanol–water partition coefficient (Wildman–Crippen LogP) is 5.34. The van der Waals surface area contributed by atoms with E-state index in [2.05, 4.69) is 45.7 Å². The van der Waals surface area contributed by atoms with E-state index in [-0.39, 0.29) is 0 Å². The lowest BCUT2D eigenvalue weighted by molar-refractivity contribution is 0.354. The van der Waals surface area contributed by atoms with Crippen molar-refractivity contribution in [1.82, 2.24) is 0 Å². The average Bonchev–Trinajstić information content (AvgIpc) is 2.35. The number of ether oxygens (including phenoxy) is 2. The van der Waals surface area contributed by atoms with Crippen LogP contribution < -0.4 is 9.47 Å². The van der Waals surface area contributed by atoms with Crippen molar-refractivity contribution in [3.63, 3.8) is 0 Å². The monoisotopic (exact) mass is 378 g/mol. The molecular weight excluding hydrogens is 360 g/mol. The Labute approximate surface area is 126 Å². The van der Waals surface area contributed by atoms with Crippen LogP contribution in [0.25, 0.3) is 0 Å². The Kier molecular flexibility index (Phi) is 6.50. The molecule has 2 nitrogen and oxygen atoms in total. The summed E-state index contributed by atoms with van der Waals surface area (Å²) < 4.78 is 11.7. The van der Waals surface area contributed by atoms with E-state index in [1.165, 1.54) is 12.0 Å².